The van der Waals surface area contributed by atoms with E-state index in [1.807, 2.05) is 65.8 Å². The Hall–Kier alpha value is -4.07. The highest BCUT2D eigenvalue weighted by atomic mass is 16.5. The van der Waals surface area contributed by atoms with E-state index in [1.54, 1.807) is 20.8 Å². The first-order valence-electron chi connectivity index (χ1n) is 15.0. The fourth-order valence-corrected chi connectivity index (χ4v) is 9.30. The molecule has 8 heteroatoms. The summed E-state index contributed by atoms with van der Waals surface area (Å²) in [6.07, 6.45) is 0. The van der Waals surface area contributed by atoms with Crippen molar-refractivity contribution in [2.75, 3.05) is 16.4 Å². The number of esters is 1. The number of hydrogen-bond donors (Lipinski definition) is 0. The van der Waals surface area contributed by atoms with E-state index < -0.39 is 52.8 Å². The maximum atomic E-state index is 14.6. The van der Waals surface area contributed by atoms with Crippen LogP contribution in [0.5, 0.6) is 0 Å². The second-order valence-electron chi connectivity index (χ2n) is 13.1. The predicted octanol–water partition coefficient (Wildman–Crippen LogP) is 4.98. The molecule has 7 rings (SSSR count). The Morgan fingerprint density at radius 1 is 0.674 bits per heavy atom. The SMILES string of the molecule is CCOC(=O)C1=C(C)C2[C@H]3C(=O)N(c4c(C)cc(C)cc4C)C(=O)[C@H]3C1(C)[C@H]1C(=O)N(c3c(C)cc(C)cc3C)C(=O)[C@H]21. The van der Waals surface area contributed by atoms with Crippen LogP contribution in [0.1, 0.15) is 54.2 Å². The lowest BCUT2D eigenvalue weighted by atomic mass is 9.43. The van der Waals surface area contributed by atoms with E-state index in [9.17, 15) is 24.0 Å². The second-order valence-corrected chi connectivity index (χ2v) is 13.1. The van der Waals surface area contributed by atoms with E-state index >= 15 is 0 Å². The Morgan fingerprint density at radius 2 is 1.05 bits per heavy atom. The fraction of sp³-hybridized carbons (Fsp3) is 0.457. The van der Waals surface area contributed by atoms with E-state index in [2.05, 4.69) is 0 Å². The normalized spacial score (nSPS) is 29.6. The fourth-order valence-electron chi connectivity index (χ4n) is 9.30. The lowest BCUT2D eigenvalue weighted by molar-refractivity contribution is -0.155. The Bertz CT molecular complexity index is 1570. The summed E-state index contributed by atoms with van der Waals surface area (Å²) in [6.45, 7) is 16.7. The van der Waals surface area contributed by atoms with Crippen LogP contribution in [-0.4, -0.2) is 36.2 Å². The van der Waals surface area contributed by atoms with Crippen LogP contribution in [-0.2, 0) is 28.7 Å². The average Bonchev–Trinajstić information content (AvgIpc) is 3.30. The van der Waals surface area contributed by atoms with E-state index in [-0.39, 0.29) is 24.0 Å². The van der Waals surface area contributed by atoms with Crippen molar-refractivity contribution in [3.05, 3.63) is 68.8 Å². The van der Waals surface area contributed by atoms with Gasteiger partial charge in [-0.1, -0.05) is 47.9 Å². The lowest BCUT2D eigenvalue weighted by Crippen LogP contribution is -2.61. The summed E-state index contributed by atoms with van der Waals surface area (Å²) >= 11 is 0. The molecule has 0 N–H and O–H groups in total. The van der Waals surface area contributed by atoms with Gasteiger partial charge in [-0.15, -0.1) is 0 Å². The van der Waals surface area contributed by atoms with Crippen molar-refractivity contribution in [2.45, 2.75) is 62.3 Å². The molecule has 2 saturated heterocycles. The number of imide groups is 2. The Kier molecular flexibility index (Phi) is 6.39. The molecule has 2 unspecified atom stereocenters. The van der Waals surface area contributed by atoms with Crippen LogP contribution in [0.15, 0.2) is 35.4 Å². The summed E-state index contributed by atoms with van der Waals surface area (Å²) in [5, 5.41) is 0. The summed E-state index contributed by atoms with van der Waals surface area (Å²) < 4.78 is 5.50. The molecule has 0 radical (unpaired) electrons. The summed E-state index contributed by atoms with van der Waals surface area (Å²) in [5.41, 5.74) is 5.61. The van der Waals surface area contributed by atoms with Crippen molar-refractivity contribution in [1.82, 2.24) is 0 Å². The highest BCUT2D eigenvalue weighted by Crippen LogP contribution is 2.69. The number of aryl methyl sites for hydroxylation is 6. The molecule has 2 heterocycles. The molecular formula is C35H38N2O6. The van der Waals surface area contributed by atoms with Gasteiger partial charge in [0.25, 0.3) is 0 Å². The minimum absolute atomic E-state index is 0.111. The molecule has 8 nitrogen and oxygen atoms in total. The molecule has 2 aliphatic heterocycles. The van der Waals surface area contributed by atoms with Crippen molar-refractivity contribution in [1.29, 1.82) is 0 Å². The first-order chi connectivity index (χ1) is 20.2. The summed E-state index contributed by atoms with van der Waals surface area (Å²) in [7, 11) is 0. The number of anilines is 2. The number of ether oxygens (including phenoxy) is 1. The molecule has 43 heavy (non-hydrogen) atoms. The van der Waals surface area contributed by atoms with Gasteiger partial charge < -0.3 is 4.74 Å². The molecule has 5 aliphatic rings. The number of rotatable bonds is 4. The molecule has 0 spiro atoms. The van der Waals surface area contributed by atoms with Crippen molar-refractivity contribution in [3.8, 4) is 0 Å². The highest BCUT2D eigenvalue weighted by molar-refractivity contribution is 6.28. The van der Waals surface area contributed by atoms with Gasteiger partial charge in [-0.05, 0) is 77.6 Å². The zero-order valence-corrected chi connectivity index (χ0v) is 26.2. The molecule has 4 amide bonds. The predicted molar refractivity (Wildman–Crippen MR) is 161 cm³/mol. The van der Waals surface area contributed by atoms with Gasteiger partial charge in [0.2, 0.25) is 23.6 Å². The molecule has 2 aromatic carbocycles. The van der Waals surface area contributed by atoms with Crippen LogP contribution in [0.25, 0.3) is 0 Å². The zero-order valence-electron chi connectivity index (χ0n) is 26.2. The smallest absolute Gasteiger partial charge is 0.334 e. The van der Waals surface area contributed by atoms with Crippen molar-refractivity contribution < 1.29 is 28.7 Å². The molecule has 6 atom stereocenters. The lowest BCUT2D eigenvalue weighted by Gasteiger charge is -2.55. The molecule has 2 aromatic rings. The van der Waals surface area contributed by atoms with Gasteiger partial charge >= 0.3 is 5.97 Å². The van der Waals surface area contributed by atoms with Gasteiger partial charge in [-0.2, -0.15) is 0 Å². The molecule has 3 fully saturated rings. The van der Waals surface area contributed by atoms with Crippen molar-refractivity contribution in [2.24, 2.45) is 35.0 Å². The molecule has 2 bridgehead atoms. The Labute approximate surface area is 252 Å². The van der Waals surface area contributed by atoms with E-state index in [4.69, 9.17) is 4.74 Å². The van der Waals surface area contributed by atoms with Crippen LogP contribution in [0.4, 0.5) is 11.4 Å². The second kappa shape index (κ2) is 9.46. The summed E-state index contributed by atoms with van der Waals surface area (Å²) in [5.74, 6) is -6.80. The number of amides is 4. The standard InChI is InChI=1S/C35H38N2O6/c1-10-43-34(42)25-21(8)22-23-26(32(40)36(30(23)38)28-17(4)11-15(2)12-18(28)5)35(25,9)27-24(22)31(39)37(33(27)41)29-19(6)13-16(3)14-20(29)7/h11-14,22-24,26-27H,10H2,1-9H3/t22?,23-,24-,26-,27+,35?/m1/s1. The number of carbonyl (C=O) groups excluding carboxylic acids is 5. The first-order valence-corrected chi connectivity index (χ1v) is 15.0. The Balaban J connectivity index is 1.57. The highest BCUT2D eigenvalue weighted by Gasteiger charge is 2.77. The van der Waals surface area contributed by atoms with Crippen LogP contribution in [0.2, 0.25) is 0 Å². The monoisotopic (exact) mass is 582 g/mol. The largest absolute Gasteiger partial charge is 0.463 e. The summed E-state index contributed by atoms with van der Waals surface area (Å²) in [6, 6.07) is 7.72. The molecular weight excluding hydrogens is 544 g/mol. The topological polar surface area (TPSA) is 101 Å². The first kappa shape index (κ1) is 29.0. The minimum atomic E-state index is -1.43. The third-order valence-electron chi connectivity index (χ3n) is 10.4. The quantitative estimate of drug-likeness (QED) is 0.373. The maximum Gasteiger partial charge on any atom is 0.334 e. The minimum Gasteiger partial charge on any atom is -0.463 e. The van der Waals surface area contributed by atoms with Gasteiger partial charge in [0.15, 0.2) is 0 Å². The number of nitrogens with zero attached hydrogens (tertiary/aromatic N) is 2. The number of hydrogen-bond acceptors (Lipinski definition) is 6. The van der Waals surface area contributed by atoms with Gasteiger partial charge in [-0.25, -0.2) is 14.6 Å². The van der Waals surface area contributed by atoms with Crippen LogP contribution in [0, 0.1) is 76.5 Å². The molecule has 224 valence electrons. The maximum absolute atomic E-state index is 14.6. The van der Waals surface area contributed by atoms with E-state index in [1.165, 1.54) is 9.80 Å². The van der Waals surface area contributed by atoms with Crippen molar-refractivity contribution >= 4 is 41.0 Å². The van der Waals surface area contributed by atoms with Crippen molar-refractivity contribution in [3.63, 3.8) is 0 Å². The van der Waals surface area contributed by atoms with Crippen LogP contribution in [0.3, 0.4) is 0 Å². The average molecular weight is 583 g/mol. The Morgan fingerprint density at radius 3 is 1.40 bits per heavy atom. The van der Waals surface area contributed by atoms with E-state index in [0.717, 1.165) is 33.4 Å². The third kappa shape index (κ3) is 3.58. The molecule has 3 aliphatic carbocycles. The third-order valence-corrected chi connectivity index (χ3v) is 10.4. The number of allylic oxidation sites excluding steroid dienone is 1. The molecule has 1 saturated carbocycles. The van der Waals surface area contributed by atoms with Gasteiger partial charge in [0, 0.05) is 16.9 Å². The van der Waals surface area contributed by atoms with Crippen LogP contribution < -0.4 is 9.80 Å². The number of benzene rings is 2. The van der Waals surface area contributed by atoms with Gasteiger partial charge in [-0.3, -0.25) is 19.2 Å². The van der Waals surface area contributed by atoms with Gasteiger partial charge in [0.05, 0.1) is 41.7 Å². The van der Waals surface area contributed by atoms with E-state index in [0.29, 0.717) is 16.9 Å². The van der Waals surface area contributed by atoms with Crippen LogP contribution >= 0.6 is 0 Å². The number of carbonyl (C=O) groups is 5. The zero-order chi connectivity index (χ0) is 31.4. The van der Waals surface area contributed by atoms with Gasteiger partial charge in [0.1, 0.15) is 0 Å². The summed E-state index contributed by atoms with van der Waals surface area (Å²) in [4.78, 5) is 74.2. The molecule has 0 aromatic heterocycles.